The zero-order valence-electron chi connectivity index (χ0n) is 8.89. The summed E-state index contributed by atoms with van der Waals surface area (Å²) in [4.78, 5) is 2.34. The van der Waals surface area contributed by atoms with E-state index in [1.54, 1.807) is 0 Å². The highest BCUT2D eigenvalue weighted by molar-refractivity contribution is 4.93. The summed E-state index contributed by atoms with van der Waals surface area (Å²) in [6.07, 6.45) is 4.18. The molecule has 82 valence electrons. The van der Waals surface area contributed by atoms with Crippen LogP contribution in [-0.2, 0) is 0 Å². The zero-order chi connectivity index (χ0) is 10.1. The molecule has 4 unspecified atom stereocenters. The van der Waals surface area contributed by atoms with Crippen LogP contribution in [0.15, 0.2) is 0 Å². The molecule has 1 aliphatic heterocycles. The van der Waals surface area contributed by atoms with Crippen LogP contribution in [0.5, 0.6) is 0 Å². The average Bonchev–Trinajstić information content (AvgIpc) is 2.71. The molecule has 1 saturated carbocycles. The molecule has 3 heteroatoms. The van der Waals surface area contributed by atoms with E-state index in [1.165, 1.54) is 0 Å². The van der Waals surface area contributed by atoms with Gasteiger partial charge in [-0.15, -0.1) is 0 Å². The minimum Gasteiger partial charge on any atom is -0.395 e. The first kappa shape index (κ1) is 10.4. The van der Waals surface area contributed by atoms with E-state index in [9.17, 15) is 10.2 Å². The van der Waals surface area contributed by atoms with Gasteiger partial charge in [-0.3, -0.25) is 4.90 Å². The van der Waals surface area contributed by atoms with E-state index >= 15 is 0 Å². The molecule has 4 atom stereocenters. The van der Waals surface area contributed by atoms with E-state index in [0.717, 1.165) is 32.2 Å². The number of nitrogens with zero attached hydrogens (tertiary/aromatic N) is 1. The van der Waals surface area contributed by atoms with Crippen LogP contribution in [0.4, 0.5) is 0 Å². The van der Waals surface area contributed by atoms with Crippen molar-refractivity contribution >= 4 is 0 Å². The zero-order valence-corrected chi connectivity index (χ0v) is 8.89. The summed E-state index contributed by atoms with van der Waals surface area (Å²) < 4.78 is 0. The van der Waals surface area contributed by atoms with Crippen LogP contribution < -0.4 is 0 Å². The molecule has 0 radical (unpaired) electrons. The summed E-state index contributed by atoms with van der Waals surface area (Å²) in [5.74, 6) is 0.577. The van der Waals surface area contributed by atoms with Crippen LogP contribution in [-0.4, -0.2) is 46.5 Å². The van der Waals surface area contributed by atoms with Gasteiger partial charge in [-0.05, 0) is 38.1 Å². The van der Waals surface area contributed by atoms with Crippen LogP contribution in [0.25, 0.3) is 0 Å². The fourth-order valence-corrected chi connectivity index (χ4v) is 3.04. The Balaban J connectivity index is 2.02. The van der Waals surface area contributed by atoms with Crippen LogP contribution in [0.1, 0.15) is 32.6 Å². The Hall–Kier alpha value is -0.120. The van der Waals surface area contributed by atoms with Gasteiger partial charge in [0.2, 0.25) is 0 Å². The first-order valence-electron chi connectivity index (χ1n) is 5.78. The van der Waals surface area contributed by atoms with Crippen molar-refractivity contribution in [1.29, 1.82) is 0 Å². The summed E-state index contributed by atoms with van der Waals surface area (Å²) in [7, 11) is 0. The lowest BCUT2D eigenvalue weighted by Gasteiger charge is -2.32. The predicted molar refractivity (Wildman–Crippen MR) is 55.0 cm³/mol. The van der Waals surface area contributed by atoms with Crippen molar-refractivity contribution in [3.63, 3.8) is 0 Å². The normalized spacial score (nSPS) is 44.8. The highest BCUT2D eigenvalue weighted by Gasteiger charge is 2.39. The minimum atomic E-state index is -0.158. The Kier molecular flexibility index (Phi) is 3.10. The molecular weight excluding hydrogens is 178 g/mol. The maximum atomic E-state index is 9.83. The Morgan fingerprint density at radius 2 is 2.07 bits per heavy atom. The molecular formula is C11H21NO2. The number of aliphatic hydroxyl groups is 2. The molecule has 2 N–H and O–H groups in total. The highest BCUT2D eigenvalue weighted by atomic mass is 16.3. The van der Waals surface area contributed by atoms with Crippen LogP contribution in [0.3, 0.4) is 0 Å². The SMILES string of the molecule is CC1CCN(C2CCCC2O)C1CO. The molecule has 0 aromatic carbocycles. The van der Waals surface area contributed by atoms with Gasteiger partial charge in [0.05, 0.1) is 12.7 Å². The highest BCUT2D eigenvalue weighted by Crippen LogP contribution is 2.32. The van der Waals surface area contributed by atoms with E-state index in [4.69, 9.17) is 0 Å². The topological polar surface area (TPSA) is 43.7 Å². The molecule has 2 rings (SSSR count). The Labute approximate surface area is 85.7 Å². The molecule has 0 spiro atoms. The molecule has 0 aromatic heterocycles. The first-order chi connectivity index (χ1) is 6.74. The largest absolute Gasteiger partial charge is 0.395 e. The molecule has 1 aliphatic carbocycles. The molecule has 0 amide bonds. The van der Waals surface area contributed by atoms with Crippen molar-refractivity contribution < 1.29 is 10.2 Å². The minimum absolute atomic E-state index is 0.158. The maximum absolute atomic E-state index is 9.83. The van der Waals surface area contributed by atoms with Crippen molar-refractivity contribution in [2.24, 2.45) is 5.92 Å². The summed E-state index contributed by atoms with van der Waals surface area (Å²) >= 11 is 0. The van der Waals surface area contributed by atoms with Crippen molar-refractivity contribution in [2.75, 3.05) is 13.2 Å². The quantitative estimate of drug-likeness (QED) is 0.684. The van der Waals surface area contributed by atoms with Crippen LogP contribution >= 0.6 is 0 Å². The summed E-state index contributed by atoms with van der Waals surface area (Å²) in [5.41, 5.74) is 0. The van der Waals surface area contributed by atoms with Gasteiger partial charge in [-0.2, -0.15) is 0 Å². The molecule has 1 saturated heterocycles. The molecule has 2 fully saturated rings. The monoisotopic (exact) mass is 199 g/mol. The summed E-state index contributed by atoms with van der Waals surface area (Å²) in [6, 6.07) is 0.602. The second-order valence-electron chi connectivity index (χ2n) is 4.82. The lowest BCUT2D eigenvalue weighted by atomic mass is 10.0. The van der Waals surface area contributed by atoms with Crippen molar-refractivity contribution in [3.8, 4) is 0 Å². The van der Waals surface area contributed by atoms with Gasteiger partial charge < -0.3 is 10.2 Å². The van der Waals surface area contributed by atoms with Crippen molar-refractivity contribution in [2.45, 2.75) is 50.8 Å². The molecule has 14 heavy (non-hydrogen) atoms. The molecule has 1 heterocycles. The maximum Gasteiger partial charge on any atom is 0.0695 e. The van der Waals surface area contributed by atoms with Gasteiger partial charge in [-0.25, -0.2) is 0 Å². The Bertz CT molecular complexity index is 198. The van der Waals surface area contributed by atoms with E-state index in [-0.39, 0.29) is 18.8 Å². The van der Waals surface area contributed by atoms with E-state index in [2.05, 4.69) is 11.8 Å². The van der Waals surface area contributed by atoms with Gasteiger partial charge in [0.15, 0.2) is 0 Å². The van der Waals surface area contributed by atoms with E-state index in [1.807, 2.05) is 0 Å². The van der Waals surface area contributed by atoms with E-state index < -0.39 is 0 Å². The molecule has 2 aliphatic rings. The smallest absolute Gasteiger partial charge is 0.0695 e. The molecule has 0 aromatic rings. The van der Waals surface area contributed by atoms with Crippen molar-refractivity contribution in [3.05, 3.63) is 0 Å². The second kappa shape index (κ2) is 4.17. The number of hydrogen-bond donors (Lipinski definition) is 2. The second-order valence-corrected chi connectivity index (χ2v) is 4.82. The third-order valence-electron chi connectivity index (χ3n) is 3.98. The van der Waals surface area contributed by atoms with Gasteiger partial charge in [0.25, 0.3) is 0 Å². The lowest BCUT2D eigenvalue weighted by Crippen LogP contribution is -2.46. The summed E-state index contributed by atoms with van der Waals surface area (Å²) in [6.45, 7) is 3.49. The number of hydrogen-bond acceptors (Lipinski definition) is 3. The van der Waals surface area contributed by atoms with Crippen LogP contribution in [0, 0.1) is 5.92 Å². The van der Waals surface area contributed by atoms with Gasteiger partial charge in [-0.1, -0.05) is 6.92 Å². The average molecular weight is 199 g/mol. The molecule has 0 bridgehead atoms. The van der Waals surface area contributed by atoms with Gasteiger partial charge in [0.1, 0.15) is 0 Å². The number of rotatable bonds is 2. The van der Waals surface area contributed by atoms with Gasteiger partial charge in [0, 0.05) is 12.1 Å². The standard InChI is InChI=1S/C11H21NO2/c1-8-5-6-12(10(8)7-13)9-3-2-4-11(9)14/h8-11,13-14H,2-7H2,1H3. The number of likely N-dealkylation sites (tertiary alicyclic amines) is 1. The lowest BCUT2D eigenvalue weighted by molar-refractivity contribution is 0.0382. The Morgan fingerprint density at radius 3 is 2.64 bits per heavy atom. The third-order valence-corrected chi connectivity index (χ3v) is 3.98. The molecule has 3 nitrogen and oxygen atoms in total. The third kappa shape index (κ3) is 1.69. The van der Waals surface area contributed by atoms with E-state index in [0.29, 0.717) is 12.0 Å². The van der Waals surface area contributed by atoms with Crippen molar-refractivity contribution in [1.82, 2.24) is 4.90 Å². The fourth-order valence-electron chi connectivity index (χ4n) is 3.04. The van der Waals surface area contributed by atoms with Gasteiger partial charge >= 0.3 is 0 Å². The predicted octanol–water partition coefficient (Wildman–Crippen LogP) is 0.602. The number of aliphatic hydroxyl groups excluding tert-OH is 2. The summed E-state index contributed by atoms with van der Waals surface area (Å²) in [5, 5.41) is 19.2. The first-order valence-corrected chi connectivity index (χ1v) is 5.78. The van der Waals surface area contributed by atoms with Crippen LogP contribution in [0.2, 0.25) is 0 Å². The Morgan fingerprint density at radius 1 is 1.29 bits per heavy atom. The fraction of sp³-hybridized carbons (Fsp3) is 1.00.